The molecule has 2 atom stereocenters. The Labute approximate surface area is 170 Å². The first-order chi connectivity index (χ1) is 14.1. The number of carbonyl (C=O) groups is 1. The van der Waals surface area contributed by atoms with Crippen LogP contribution in [-0.2, 0) is 0 Å². The predicted octanol–water partition coefficient (Wildman–Crippen LogP) is 2.49. The van der Waals surface area contributed by atoms with Gasteiger partial charge < -0.3 is 9.80 Å². The summed E-state index contributed by atoms with van der Waals surface area (Å²) in [6.45, 7) is 7.37. The van der Waals surface area contributed by atoms with E-state index in [9.17, 15) is 4.79 Å². The van der Waals surface area contributed by atoms with Gasteiger partial charge in [0.25, 0.3) is 5.91 Å². The first-order valence-corrected chi connectivity index (χ1v) is 10.0. The van der Waals surface area contributed by atoms with Crippen LogP contribution in [0.5, 0.6) is 0 Å². The maximum atomic E-state index is 13.3. The van der Waals surface area contributed by atoms with Gasteiger partial charge in [-0.1, -0.05) is 12.1 Å². The minimum Gasteiger partial charge on any atom is -0.340 e. The summed E-state index contributed by atoms with van der Waals surface area (Å²) in [7, 11) is 0. The van der Waals surface area contributed by atoms with Gasteiger partial charge in [0.05, 0.1) is 11.3 Å². The zero-order chi connectivity index (χ0) is 20.0. The van der Waals surface area contributed by atoms with E-state index < -0.39 is 0 Å². The van der Waals surface area contributed by atoms with Crippen LogP contribution in [0.1, 0.15) is 21.7 Å². The number of anilines is 1. The lowest BCUT2D eigenvalue weighted by molar-refractivity contribution is 0.0782. The normalized spacial score (nSPS) is 20.9. The zero-order valence-corrected chi connectivity index (χ0v) is 16.7. The van der Waals surface area contributed by atoms with Crippen molar-refractivity contribution < 1.29 is 4.79 Å². The summed E-state index contributed by atoms with van der Waals surface area (Å²) in [6.07, 6.45) is 3.59. The Bertz CT molecular complexity index is 1010. The maximum absolute atomic E-state index is 13.3. The third kappa shape index (κ3) is 3.26. The fourth-order valence-corrected chi connectivity index (χ4v) is 4.61. The van der Waals surface area contributed by atoms with E-state index in [-0.39, 0.29) is 5.91 Å². The smallest absolute Gasteiger partial charge is 0.256 e. The number of nitrogens with zero attached hydrogens (tertiary/aromatic N) is 6. The topological polar surface area (TPSA) is 67.2 Å². The Morgan fingerprint density at radius 2 is 1.66 bits per heavy atom. The van der Waals surface area contributed by atoms with Gasteiger partial charge in [-0.3, -0.25) is 4.79 Å². The largest absolute Gasteiger partial charge is 0.340 e. The quantitative estimate of drug-likeness (QED) is 0.690. The highest BCUT2D eigenvalue weighted by molar-refractivity contribution is 5.98. The molecule has 0 spiro atoms. The highest BCUT2D eigenvalue weighted by Crippen LogP contribution is 2.34. The van der Waals surface area contributed by atoms with Gasteiger partial charge >= 0.3 is 0 Å². The Kier molecular flexibility index (Phi) is 4.30. The van der Waals surface area contributed by atoms with Gasteiger partial charge in [0.15, 0.2) is 0 Å². The van der Waals surface area contributed by atoms with Crippen molar-refractivity contribution in [2.45, 2.75) is 13.8 Å². The Hall–Kier alpha value is -3.22. The standard InChI is InChI=1S/C22H24N6O/c1-15-10-16(2)25-22(24-15)27-13-17-11-26(12-18(17)14-27)21(29)19-6-3-4-7-20(19)28-9-5-8-23-28/h3-10,17-18H,11-14H2,1-2H3. The molecule has 4 heterocycles. The molecule has 0 N–H and O–H groups in total. The van der Waals surface area contributed by atoms with Crippen molar-refractivity contribution >= 4 is 11.9 Å². The van der Waals surface area contributed by atoms with Crippen molar-refractivity contribution in [1.82, 2.24) is 24.6 Å². The van der Waals surface area contributed by atoms with Crippen LogP contribution in [0.2, 0.25) is 0 Å². The Morgan fingerprint density at radius 1 is 0.966 bits per heavy atom. The molecule has 7 nitrogen and oxygen atoms in total. The second-order valence-electron chi connectivity index (χ2n) is 8.05. The molecule has 7 heteroatoms. The van der Waals surface area contributed by atoms with Crippen molar-refractivity contribution in [3.63, 3.8) is 0 Å². The molecule has 29 heavy (non-hydrogen) atoms. The predicted molar refractivity (Wildman–Crippen MR) is 110 cm³/mol. The molecule has 148 valence electrons. The first-order valence-electron chi connectivity index (χ1n) is 10.0. The number of fused-ring (bicyclic) bond motifs is 1. The number of rotatable bonds is 3. The molecule has 0 saturated carbocycles. The molecule has 0 aliphatic carbocycles. The molecule has 2 unspecified atom stereocenters. The van der Waals surface area contributed by atoms with E-state index in [4.69, 9.17) is 0 Å². The summed E-state index contributed by atoms with van der Waals surface area (Å²) in [5.41, 5.74) is 3.52. The fourth-order valence-electron chi connectivity index (χ4n) is 4.61. The SMILES string of the molecule is Cc1cc(C)nc(N2CC3CN(C(=O)c4ccccc4-n4cccn4)CC3C2)n1. The number of likely N-dealkylation sites (tertiary alicyclic amines) is 1. The van der Waals surface area contributed by atoms with Gasteiger partial charge in [0.1, 0.15) is 0 Å². The monoisotopic (exact) mass is 388 g/mol. The Morgan fingerprint density at radius 3 is 2.31 bits per heavy atom. The average Bonchev–Trinajstić information content (AvgIpc) is 3.43. The zero-order valence-electron chi connectivity index (χ0n) is 16.7. The lowest BCUT2D eigenvalue weighted by atomic mass is 10.0. The highest BCUT2D eigenvalue weighted by Gasteiger charge is 2.42. The van der Waals surface area contributed by atoms with Gasteiger partial charge in [0.2, 0.25) is 5.95 Å². The fraction of sp³-hybridized carbons (Fsp3) is 0.364. The second kappa shape index (κ2) is 6.99. The van der Waals surface area contributed by atoms with Crippen molar-refractivity contribution in [3.8, 4) is 5.69 Å². The minimum absolute atomic E-state index is 0.0831. The summed E-state index contributed by atoms with van der Waals surface area (Å²) < 4.78 is 1.75. The molecule has 2 fully saturated rings. The van der Waals surface area contributed by atoms with Crippen molar-refractivity contribution in [2.75, 3.05) is 31.1 Å². The Balaban J connectivity index is 1.32. The molecule has 2 aromatic heterocycles. The number of hydrogen-bond acceptors (Lipinski definition) is 5. The molecule has 2 aliphatic heterocycles. The third-order valence-corrected chi connectivity index (χ3v) is 5.91. The van der Waals surface area contributed by atoms with E-state index in [1.54, 1.807) is 10.9 Å². The lowest BCUT2D eigenvalue weighted by Gasteiger charge is -2.23. The molecular formula is C22H24N6O. The van der Waals surface area contributed by atoms with E-state index >= 15 is 0 Å². The van der Waals surface area contributed by atoms with Gasteiger partial charge in [-0.25, -0.2) is 14.6 Å². The number of amides is 1. The van der Waals surface area contributed by atoms with Crippen molar-refractivity contribution in [3.05, 3.63) is 65.7 Å². The summed E-state index contributed by atoms with van der Waals surface area (Å²) in [5, 5.41) is 4.30. The first kappa shape index (κ1) is 17.8. The number of aryl methyl sites for hydroxylation is 2. The third-order valence-electron chi connectivity index (χ3n) is 5.91. The summed E-state index contributed by atoms with van der Waals surface area (Å²) in [6, 6.07) is 11.5. The van der Waals surface area contributed by atoms with Crippen LogP contribution < -0.4 is 4.90 Å². The van der Waals surface area contributed by atoms with Gasteiger partial charge in [-0.15, -0.1) is 0 Å². The van der Waals surface area contributed by atoms with Crippen LogP contribution in [0.25, 0.3) is 5.69 Å². The van der Waals surface area contributed by atoms with E-state index in [1.165, 1.54) is 0 Å². The van der Waals surface area contributed by atoms with E-state index in [0.717, 1.165) is 49.2 Å². The van der Waals surface area contributed by atoms with Crippen molar-refractivity contribution in [2.24, 2.45) is 11.8 Å². The molecular weight excluding hydrogens is 364 g/mol. The number of para-hydroxylation sites is 1. The number of benzene rings is 1. The molecule has 1 aromatic carbocycles. The highest BCUT2D eigenvalue weighted by atomic mass is 16.2. The van der Waals surface area contributed by atoms with E-state index in [0.29, 0.717) is 17.4 Å². The molecule has 3 aromatic rings. The van der Waals surface area contributed by atoms with Gasteiger partial charge in [-0.05, 0) is 38.1 Å². The van der Waals surface area contributed by atoms with E-state index in [2.05, 4.69) is 20.0 Å². The molecule has 2 aliphatic rings. The second-order valence-corrected chi connectivity index (χ2v) is 8.05. The number of aromatic nitrogens is 4. The van der Waals surface area contributed by atoms with Crippen LogP contribution in [0.3, 0.4) is 0 Å². The number of hydrogen-bond donors (Lipinski definition) is 0. The van der Waals surface area contributed by atoms with Crippen LogP contribution >= 0.6 is 0 Å². The lowest BCUT2D eigenvalue weighted by Crippen LogP contribution is -2.34. The van der Waals surface area contributed by atoms with Crippen LogP contribution in [-0.4, -0.2) is 56.7 Å². The van der Waals surface area contributed by atoms with Gasteiger partial charge in [-0.2, -0.15) is 5.10 Å². The summed E-state index contributed by atoms with van der Waals surface area (Å²) in [5.74, 6) is 1.82. The van der Waals surface area contributed by atoms with E-state index in [1.807, 2.05) is 61.3 Å². The molecule has 1 amide bonds. The number of carbonyl (C=O) groups excluding carboxylic acids is 1. The molecule has 2 saturated heterocycles. The molecule has 0 radical (unpaired) electrons. The van der Waals surface area contributed by atoms with Crippen LogP contribution in [0.15, 0.2) is 48.8 Å². The average molecular weight is 388 g/mol. The molecule has 0 bridgehead atoms. The van der Waals surface area contributed by atoms with Gasteiger partial charge in [0, 0.05) is 61.8 Å². The minimum atomic E-state index is 0.0831. The van der Waals surface area contributed by atoms with Crippen LogP contribution in [0, 0.1) is 25.7 Å². The molecule has 5 rings (SSSR count). The van der Waals surface area contributed by atoms with Crippen molar-refractivity contribution in [1.29, 1.82) is 0 Å². The maximum Gasteiger partial charge on any atom is 0.256 e. The summed E-state index contributed by atoms with van der Waals surface area (Å²) in [4.78, 5) is 26.8. The summed E-state index contributed by atoms with van der Waals surface area (Å²) >= 11 is 0. The van der Waals surface area contributed by atoms with Crippen LogP contribution in [0.4, 0.5) is 5.95 Å².